The summed E-state index contributed by atoms with van der Waals surface area (Å²) >= 11 is 1.26. The maximum Gasteiger partial charge on any atom is 0.266 e. The molecule has 5 rings (SSSR count). The Morgan fingerprint density at radius 3 is 2.39 bits per heavy atom. The molecule has 1 aromatic heterocycles. The number of carbonyl (C=O) groups is 1. The summed E-state index contributed by atoms with van der Waals surface area (Å²) in [6, 6.07) is 30.5. The van der Waals surface area contributed by atoms with Crippen molar-refractivity contribution in [2.75, 3.05) is 5.32 Å². The maximum absolute atomic E-state index is 13.3. The van der Waals surface area contributed by atoms with Gasteiger partial charge in [0, 0.05) is 5.69 Å². The SMILES string of the molecule is CC(Sc1nc2ccccc2c(=O)n1-c1ccccc1)C(=O)Nc1ccc2ccccc2c1. The standard InChI is InChI=1S/C27H21N3O2S/c1-18(25(31)28-21-16-15-19-9-5-6-10-20(19)17-21)33-27-29-24-14-8-7-13-23(24)26(32)30(27)22-11-3-2-4-12-22/h2-18H,1H3,(H,28,31). The maximum atomic E-state index is 13.3. The molecule has 33 heavy (non-hydrogen) atoms. The lowest BCUT2D eigenvalue weighted by Crippen LogP contribution is -2.26. The number of nitrogens with zero attached hydrogens (tertiary/aromatic N) is 2. The number of benzene rings is 4. The van der Waals surface area contributed by atoms with Crippen LogP contribution in [-0.2, 0) is 4.79 Å². The van der Waals surface area contributed by atoms with Crippen LogP contribution in [0, 0.1) is 0 Å². The highest BCUT2D eigenvalue weighted by atomic mass is 32.2. The molecule has 0 aliphatic carbocycles. The summed E-state index contributed by atoms with van der Waals surface area (Å²) in [4.78, 5) is 31.1. The zero-order valence-electron chi connectivity index (χ0n) is 17.9. The molecule has 1 amide bonds. The summed E-state index contributed by atoms with van der Waals surface area (Å²) in [5.74, 6) is -0.155. The Morgan fingerprint density at radius 2 is 1.58 bits per heavy atom. The Labute approximate surface area is 195 Å². The normalized spacial score (nSPS) is 12.0. The van der Waals surface area contributed by atoms with Gasteiger partial charge >= 0.3 is 0 Å². The Morgan fingerprint density at radius 1 is 0.879 bits per heavy atom. The lowest BCUT2D eigenvalue weighted by Gasteiger charge is -2.16. The number of hydrogen-bond acceptors (Lipinski definition) is 4. The van der Waals surface area contributed by atoms with Crippen molar-refractivity contribution in [3.05, 3.63) is 107 Å². The predicted molar refractivity (Wildman–Crippen MR) is 135 cm³/mol. The van der Waals surface area contributed by atoms with Gasteiger partial charge in [-0.15, -0.1) is 0 Å². The molecule has 0 aliphatic rings. The van der Waals surface area contributed by atoms with E-state index in [0.29, 0.717) is 21.7 Å². The molecule has 5 nitrogen and oxygen atoms in total. The molecule has 1 unspecified atom stereocenters. The second-order valence-corrected chi connectivity index (χ2v) is 9.01. The van der Waals surface area contributed by atoms with Gasteiger partial charge in [-0.3, -0.25) is 14.2 Å². The van der Waals surface area contributed by atoms with Crippen LogP contribution in [-0.4, -0.2) is 20.7 Å². The van der Waals surface area contributed by atoms with E-state index in [1.165, 1.54) is 11.8 Å². The first-order chi connectivity index (χ1) is 16.1. The van der Waals surface area contributed by atoms with Crippen molar-refractivity contribution in [1.82, 2.24) is 9.55 Å². The van der Waals surface area contributed by atoms with Crippen LogP contribution in [0.3, 0.4) is 0 Å². The number of carbonyl (C=O) groups excluding carboxylic acids is 1. The molecule has 0 bridgehead atoms. The van der Waals surface area contributed by atoms with E-state index in [4.69, 9.17) is 4.98 Å². The van der Waals surface area contributed by atoms with Crippen LogP contribution in [0.1, 0.15) is 6.92 Å². The van der Waals surface area contributed by atoms with Crippen LogP contribution in [0.15, 0.2) is 107 Å². The lowest BCUT2D eigenvalue weighted by molar-refractivity contribution is -0.115. The molecular formula is C27H21N3O2S. The average Bonchev–Trinajstić information content (AvgIpc) is 2.84. The van der Waals surface area contributed by atoms with Gasteiger partial charge in [-0.25, -0.2) is 4.98 Å². The van der Waals surface area contributed by atoms with Gasteiger partial charge in [-0.1, -0.05) is 72.4 Å². The molecule has 0 radical (unpaired) electrons. The number of anilines is 1. The van der Waals surface area contributed by atoms with Gasteiger partial charge in [0.1, 0.15) is 0 Å². The third-order valence-corrected chi connectivity index (χ3v) is 6.48. The van der Waals surface area contributed by atoms with Gasteiger partial charge in [0.25, 0.3) is 5.56 Å². The van der Waals surface area contributed by atoms with Crippen molar-refractivity contribution in [3.8, 4) is 5.69 Å². The summed E-state index contributed by atoms with van der Waals surface area (Å²) in [6.45, 7) is 1.82. The second-order valence-electron chi connectivity index (χ2n) is 7.70. The molecular weight excluding hydrogens is 430 g/mol. The van der Waals surface area contributed by atoms with Crippen LogP contribution >= 0.6 is 11.8 Å². The topological polar surface area (TPSA) is 64.0 Å². The van der Waals surface area contributed by atoms with E-state index in [-0.39, 0.29) is 11.5 Å². The number of thioether (sulfide) groups is 1. The highest BCUT2D eigenvalue weighted by Crippen LogP contribution is 2.26. The van der Waals surface area contributed by atoms with E-state index in [2.05, 4.69) is 5.32 Å². The predicted octanol–water partition coefficient (Wildman–Crippen LogP) is 5.66. The molecule has 1 atom stereocenters. The summed E-state index contributed by atoms with van der Waals surface area (Å²) in [5.41, 5.74) is 1.90. The van der Waals surface area contributed by atoms with E-state index in [1.807, 2.05) is 97.9 Å². The van der Waals surface area contributed by atoms with Crippen molar-refractivity contribution in [3.63, 3.8) is 0 Å². The average molecular weight is 452 g/mol. The number of para-hydroxylation sites is 2. The number of fused-ring (bicyclic) bond motifs is 2. The fourth-order valence-corrected chi connectivity index (χ4v) is 4.65. The molecule has 6 heteroatoms. The van der Waals surface area contributed by atoms with Crippen LogP contribution in [0.25, 0.3) is 27.4 Å². The Balaban J connectivity index is 1.47. The van der Waals surface area contributed by atoms with Gasteiger partial charge in [0.05, 0.1) is 21.8 Å². The highest BCUT2D eigenvalue weighted by Gasteiger charge is 2.20. The van der Waals surface area contributed by atoms with E-state index in [1.54, 1.807) is 10.6 Å². The smallest absolute Gasteiger partial charge is 0.266 e. The van der Waals surface area contributed by atoms with E-state index >= 15 is 0 Å². The number of nitrogens with one attached hydrogen (secondary N) is 1. The molecule has 4 aromatic carbocycles. The second kappa shape index (κ2) is 8.92. The fourth-order valence-electron chi connectivity index (χ4n) is 3.72. The van der Waals surface area contributed by atoms with Gasteiger partial charge in [-0.05, 0) is 54.1 Å². The van der Waals surface area contributed by atoms with Gasteiger partial charge in [0.15, 0.2) is 5.16 Å². The first kappa shape index (κ1) is 21.0. The first-order valence-corrected chi connectivity index (χ1v) is 11.5. The Kier molecular flexibility index (Phi) is 5.67. The number of rotatable bonds is 5. The van der Waals surface area contributed by atoms with Crippen LogP contribution in [0.4, 0.5) is 5.69 Å². The number of amides is 1. The van der Waals surface area contributed by atoms with E-state index in [0.717, 1.165) is 16.5 Å². The quantitative estimate of drug-likeness (QED) is 0.277. The molecule has 0 spiro atoms. The minimum Gasteiger partial charge on any atom is -0.325 e. The van der Waals surface area contributed by atoms with Crippen molar-refractivity contribution < 1.29 is 4.79 Å². The minimum atomic E-state index is -0.473. The zero-order valence-corrected chi connectivity index (χ0v) is 18.8. The van der Waals surface area contributed by atoms with E-state index < -0.39 is 5.25 Å². The summed E-state index contributed by atoms with van der Waals surface area (Å²) in [7, 11) is 0. The molecule has 1 N–H and O–H groups in total. The monoisotopic (exact) mass is 451 g/mol. The lowest BCUT2D eigenvalue weighted by atomic mass is 10.1. The zero-order chi connectivity index (χ0) is 22.8. The Bertz CT molecular complexity index is 1530. The number of aromatic nitrogens is 2. The third kappa shape index (κ3) is 4.25. The van der Waals surface area contributed by atoms with Crippen LogP contribution in [0.2, 0.25) is 0 Å². The van der Waals surface area contributed by atoms with Crippen molar-refractivity contribution in [1.29, 1.82) is 0 Å². The molecule has 0 saturated heterocycles. The molecule has 0 aliphatic heterocycles. The largest absolute Gasteiger partial charge is 0.325 e. The van der Waals surface area contributed by atoms with Gasteiger partial charge in [-0.2, -0.15) is 0 Å². The number of hydrogen-bond donors (Lipinski definition) is 1. The van der Waals surface area contributed by atoms with Gasteiger partial charge in [0.2, 0.25) is 5.91 Å². The fraction of sp³-hybridized carbons (Fsp3) is 0.0741. The highest BCUT2D eigenvalue weighted by molar-refractivity contribution is 8.00. The van der Waals surface area contributed by atoms with Gasteiger partial charge < -0.3 is 5.32 Å². The van der Waals surface area contributed by atoms with Crippen molar-refractivity contribution in [2.45, 2.75) is 17.3 Å². The summed E-state index contributed by atoms with van der Waals surface area (Å²) in [5, 5.41) is 5.71. The molecule has 1 heterocycles. The van der Waals surface area contributed by atoms with Crippen molar-refractivity contribution >= 4 is 45.0 Å². The first-order valence-electron chi connectivity index (χ1n) is 10.6. The third-order valence-electron chi connectivity index (χ3n) is 5.43. The summed E-state index contributed by atoms with van der Waals surface area (Å²) < 4.78 is 1.58. The van der Waals surface area contributed by atoms with Crippen LogP contribution in [0.5, 0.6) is 0 Å². The van der Waals surface area contributed by atoms with Crippen molar-refractivity contribution in [2.24, 2.45) is 0 Å². The summed E-state index contributed by atoms with van der Waals surface area (Å²) in [6.07, 6.45) is 0. The molecule has 162 valence electrons. The molecule has 5 aromatic rings. The van der Waals surface area contributed by atoms with Crippen LogP contribution < -0.4 is 10.9 Å². The minimum absolute atomic E-state index is 0.155. The molecule has 0 saturated carbocycles. The molecule has 0 fully saturated rings. The Hall–Kier alpha value is -3.90. The van der Waals surface area contributed by atoms with E-state index in [9.17, 15) is 9.59 Å².